The number of aryl methyl sites for hydroxylation is 1. The Kier molecular flexibility index (Phi) is 4.31. The monoisotopic (exact) mass is 269 g/mol. The quantitative estimate of drug-likeness (QED) is 0.811. The highest BCUT2D eigenvalue weighted by atomic mass is 32.1. The first-order valence-electron chi connectivity index (χ1n) is 6.13. The van der Waals surface area contributed by atoms with Gasteiger partial charge in [-0.3, -0.25) is 9.69 Å². The van der Waals surface area contributed by atoms with Crippen molar-refractivity contribution in [3.8, 4) is 0 Å². The van der Waals surface area contributed by atoms with Gasteiger partial charge in [0.1, 0.15) is 0 Å². The van der Waals surface area contributed by atoms with Crippen LogP contribution in [0.2, 0.25) is 0 Å². The zero-order chi connectivity index (χ0) is 13.1. The van der Waals surface area contributed by atoms with Crippen LogP contribution in [0.25, 0.3) is 0 Å². The van der Waals surface area contributed by atoms with E-state index >= 15 is 0 Å². The predicted molar refractivity (Wildman–Crippen MR) is 71.7 cm³/mol. The summed E-state index contributed by atoms with van der Waals surface area (Å²) >= 11 is 1.42. The third-order valence-electron chi connectivity index (χ3n) is 2.94. The van der Waals surface area contributed by atoms with Crippen LogP contribution in [0.5, 0.6) is 0 Å². The molecule has 0 aromatic carbocycles. The van der Waals surface area contributed by atoms with Gasteiger partial charge in [-0.15, -0.1) is 11.3 Å². The van der Waals surface area contributed by atoms with Crippen LogP contribution in [0.1, 0.15) is 18.5 Å². The van der Waals surface area contributed by atoms with Crippen LogP contribution in [0, 0.1) is 12.8 Å². The fraction of sp³-hybridized carbons (Fsp3) is 0.667. The molecule has 0 radical (unpaired) electrons. The van der Waals surface area contributed by atoms with Crippen molar-refractivity contribution < 1.29 is 9.90 Å². The molecule has 1 aromatic heterocycles. The molecular formula is C12H19N3O2S. The Hall–Kier alpha value is -0.980. The predicted octanol–water partition coefficient (Wildman–Crippen LogP) is 1.09. The Morgan fingerprint density at radius 3 is 3.00 bits per heavy atom. The van der Waals surface area contributed by atoms with Crippen LogP contribution in [0.4, 0.5) is 5.13 Å². The topological polar surface area (TPSA) is 65.5 Å². The summed E-state index contributed by atoms with van der Waals surface area (Å²) in [6.45, 7) is 2.72. The molecule has 1 saturated carbocycles. The average Bonchev–Trinajstić information content (AvgIpc) is 3.03. The van der Waals surface area contributed by atoms with E-state index in [9.17, 15) is 9.90 Å². The van der Waals surface area contributed by atoms with Gasteiger partial charge in [-0.2, -0.15) is 0 Å². The molecule has 1 amide bonds. The highest BCUT2D eigenvalue weighted by molar-refractivity contribution is 7.13. The van der Waals surface area contributed by atoms with Gasteiger partial charge in [-0.1, -0.05) is 0 Å². The Balaban J connectivity index is 1.72. The third-order valence-corrected chi connectivity index (χ3v) is 3.82. The molecule has 1 aliphatic rings. The fourth-order valence-electron chi connectivity index (χ4n) is 1.83. The van der Waals surface area contributed by atoms with Gasteiger partial charge in [0, 0.05) is 11.9 Å². The largest absolute Gasteiger partial charge is 0.392 e. The highest BCUT2D eigenvalue weighted by Gasteiger charge is 2.30. The molecule has 1 heterocycles. The number of nitrogens with one attached hydrogen (secondary N) is 1. The summed E-state index contributed by atoms with van der Waals surface area (Å²) in [5, 5.41) is 15.1. The molecule has 1 unspecified atom stereocenters. The van der Waals surface area contributed by atoms with Crippen molar-refractivity contribution in [1.29, 1.82) is 0 Å². The summed E-state index contributed by atoms with van der Waals surface area (Å²) in [5.74, 6) is 0.354. The fourth-order valence-corrected chi connectivity index (χ4v) is 2.53. The lowest BCUT2D eigenvalue weighted by Gasteiger charge is -2.19. The normalized spacial score (nSPS) is 16.9. The molecule has 0 bridgehead atoms. The molecule has 2 rings (SSSR count). The zero-order valence-electron chi connectivity index (χ0n) is 10.7. The Labute approximate surface area is 111 Å². The maximum atomic E-state index is 11.7. The minimum Gasteiger partial charge on any atom is -0.392 e. The standard InChI is InChI=1S/C12H19N3O2S/c1-8-7-18-12(13-8)14-11(17)6-15(2)5-10(16)9-3-4-9/h7,9-10,16H,3-6H2,1-2H3,(H,13,14,17). The number of aliphatic hydroxyl groups is 1. The van der Waals surface area contributed by atoms with Gasteiger partial charge in [-0.25, -0.2) is 4.98 Å². The minimum absolute atomic E-state index is 0.0881. The number of rotatable bonds is 6. The van der Waals surface area contributed by atoms with Crippen molar-refractivity contribution in [3.05, 3.63) is 11.1 Å². The number of aromatic nitrogens is 1. The van der Waals surface area contributed by atoms with Crippen LogP contribution >= 0.6 is 11.3 Å². The summed E-state index contributed by atoms with van der Waals surface area (Å²) in [6.07, 6.45) is 1.92. The Morgan fingerprint density at radius 1 is 1.72 bits per heavy atom. The third kappa shape index (κ3) is 4.04. The lowest BCUT2D eigenvalue weighted by molar-refractivity contribution is -0.117. The van der Waals surface area contributed by atoms with E-state index in [1.807, 2.05) is 24.3 Å². The molecule has 1 fully saturated rings. The van der Waals surface area contributed by atoms with Crippen molar-refractivity contribution in [2.45, 2.75) is 25.9 Å². The maximum absolute atomic E-state index is 11.7. The molecule has 5 nitrogen and oxygen atoms in total. The molecule has 0 aliphatic heterocycles. The van der Waals surface area contributed by atoms with E-state index in [2.05, 4.69) is 10.3 Å². The smallest absolute Gasteiger partial charge is 0.240 e. The molecule has 1 aliphatic carbocycles. The Bertz CT molecular complexity index is 417. The van der Waals surface area contributed by atoms with Gasteiger partial charge in [-0.05, 0) is 32.7 Å². The number of amides is 1. The first kappa shape index (κ1) is 13.5. The zero-order valence-corrected chi connectivity index (χ0v) is 11.5. The van der Waals surface area contributed by atoms with Crippen LogP contribution in [0.15, 0.2) is 5.38 Å². The summed E-state index contributed by atoms with van der Waals surface area (Å²) in [6, 6.07) is 0. The van der Waals surface area contributed by atoms with E-state index in [-0.39, 0.29) is 18.6 Å². The molecule has 1 atom stereocenters. The molecule has 0 saturated heterocycles. The second-order valence-electron chi connectivity index (χ2n) is 4.94. The SMILES string of the molecule is Cc1csc(NC(=O)CN(C)CC(O)C2CC2)n1. The number of hydrogen-bond acceptors (Lipinski definition) is 5. The second kappa shape index (κ2) is 5.77. The molecule has 18 heavy (non-hydrogen) atoms. The van der Waals surface area contributed by atoms with Gasteiger partial charge in [0.15, 0.2) is 5.13 Å². The lowest BCUT2D eigenvalue weighted by atomic mass is 10.2. The number of carbonyl (C=O) groups excluding carboxylic acids is 1. The number of thiazole rings is 1. The van der Waals surface area contributed by atoms with E-state index in [0.717, 1.165) is 18.5 Å². The van der Waals surface area contributed by atoms with Crippen molar-refractivity contribution in [1.82, 2.24) is 9.88 Å². The molecule has 100 valence electrons. The van der Waals surface area contributed by atoms with Crippen LogP contribution in [-0.4, -0.2) is 47.1 Å². The van der Waals surface area contributed by atoms with Crippen molar-refractivity contribution >= 4 is 22.4 Å². The summed E-state index contributed by atoms with van der Waals surface area (Å²) < 4.78 is 0. The van der Waals surface area contributed by atoms with Gasteiger partial charge >= 0.3 is 0 Å². The molecule has 2 N–H and O–H groups in total. The molecule has 6 heteroatoms. The van der Waals surface area contributed by atoms with E-state index in [1.165, 1.54) is 11.3 Å². The first-order chi connectivity index (χ1) is 8.54. The van der Waals surface area contributed by atoms with Crippen molar-refractivity contribution in [2.75, 3.05) is 25.5 Å². The van der Waals surface area contributed by atoms with Crippen molar-refractivity contribution in [2.24, 2.45) is 5.92 Å². The molecular weight excluding hydrogens is 250 g/mol. The average molecular weight is 269 g/mol. The first-order valence-corrected chi connectivity index (χ1v) is 7.01. The summed E-state index contributed by atoms with van der Waals surface area (Å²) in [7, 11) is 1.85. The van der Waals surface area contributed by atoms with E-state index in [4.69, 9.17) is 0 Å². The Morgan fingerprint density at radius 2 is 2.44 bits per heavy atom. The van der Waals surface area contributed by atoms with Crippen LogP contribution in [0.3, 0.4) is 0 Å². The lowest BCUT2D eigenvalue weighted by Crippen LogP contribution is -2.36. The van der Waals surface area contributed by atoms with Crippen LogP contribution < -0.4 is 5.32 Å². The summed E-state index contributed by atoms with van der Waals surface area (Å²) in [4.78, 5) is 17.8. The van der Waals surface area contributed by atoms with Gasteiger partial charge in [0.2, 0.25) is 5.91 Å². The number of carbonyl (C=O) groups is 1. The second-order valence-corrected chi connectivity index (χ2v) is 5.80. The number of aliphatic hydroxyl groups excluding tert-OH is 1. The number of likely N-dealkylation sites (N-methyl/N-ethyl adjacent to an activating group) is 1. The number of hydrogen-bond donors (Lipinski definition) is 2. The number of nitrogens with zero attached hydrogens (tertiary/aromatic N) is 2. The van der Waals surface area contributed by atoms with Gasteiger partial charge in [0.05, 0.1) is 18.3 Å². The van der Waals surface area contributed by atoms with Crippen molar-refractivity contribution in [3.63, 3.8) is 0 Å². The van der Waals surface area contributed by atoms with E-state index in [0.29, 0.717) is 17.6 Å². The van der Waals surface area contributed by atoms with E-state index in [1.54, 1.807) is 0 Å². The molecule has 1 aromatic rings. The number of anilines is 1. The maximum Gasteiger partial charge on any atom is 0.240 e. The van der Waals surface area contributed by atoms with Crippen LogP contribution in [-0.2, 0) is 4.79 Å². The molecule has 0 spiro atoms. The van der Waals surface area contributed by atoms with Gasteiger partial charge in [0.25, 0.3) is 0 Å². The highest BCUT2D eigenvalue weighted by Crippen LogP contribution is 2.32. The van der Waals surface area contributed by atoms with E-state index < -0.39 is 0 Å². The minimum atomic E-state index is -0.301. The van der Waals surface area contributed by atoms with Gasteiger partial charge < -0.3 is 10.4 Å². The summed E-state index contributed by atoms with van der Waals surface area (Å²) in [5.41, 5.74) is 0.910.